The van der Waals surface area contributed by atoms with Crippen LogP contribution in [0.5, 0.6) is 0 Å². The van der Waals surface area contributed by atoms with Gasteiger partial charge in [-0.3, -0.25) is 9.78 Å². The molecule has 1 aromatic heterocycles. The molecule has 0 bridgehead atoms. The van der Waals surface area contributed by atoms with Gasteiger partial charge >= 0.3 is 0 Å². The van der Waals surface area contributed by atoms with Crippen molar-refractivity contribution in [3.05, 3.63) is 42.1 Å². The molecule has 104 valence electrons. The second-order valence-corrected chi connectivity index (χ2v) is 5.94. The molecular weight excluding hydrogens is 316 g/mol. The first-order valence-corrected chi connectivity index (χ1v) is 8.14. The highest BCUT2D eigenvalue weighted by Crippen LogP contribution is 2.27. The van der Waals surface area contributed by atoms with Crippen molar-refractivity contribution in [1.29, 1.82) is 0 Å². The molecule has 0 aliphatic heterocycles. The molecular formula is C16H17BrN2O. The maximum absolute atomic E-state index is 12.9. The van der Waals surface area contributed by atoms with Crippen molar-refractivity contribution in [2.75, 3.05) is 11.9 Å². The second kappa shape index (κ2) is 5.92. The first-order chi connectivity index (χ1) is 9.81. The zero-order valence-corrected chi connectivity index (χ0v) is 12.8. The van der Waals surface area contributed by atoms with Crippen LogP contribution in [-0.2, 0) is 0 Å². The quantitative estimate of drug-likeness (QED) is 0.801. The lowest BCUT2D eigenvalue weighted by Gasteiger charge is -2.37. The van der Waals surface area contributed by atoms with Gasteiger partial charge in [-0.25, -0.2) is 0 Å². The van der Waals surface area contributed by atoms with Crippen molar-refractivity contribution < 1.29 is 4.79 Å². The van der Waals surface area contributed by atoms with Gasteiger partial charge < -0.3 is 4.90 Å². The fraction of sp³-hybridized carbons (Fsp3) is 0.375. The number of pyridine rings is 1. The number of hydrogen-bond donors (Lipinski definition) is 0. The number of fused-ring (bicyclic) bond motifs is 1. The van der Waals surface area contributed by atoms with Crippen molar-refractivity contribution >= 4 is 32.7 Å². The van der Waals surface area contributed by atoms with Gasteiger partial charge in [-0.05, 0) is 37.5 Å². The highest BCUT2D eigenvalue weighted by molar-refractivity contribution is 9.09. The molecule has 20 heavy (non-hydrogen) atoms. The third-order valence-electron chi connectivity index (χ3n) is 3.98. The predicted octanol–water partition coefficient (Wildman–Crippen LogP) is 3.62. The molecule has 1 saturated carbocycles. The maximum atomic E-state index is 12.9. The Hall–Kier alpha value is -1.42. The molecule has 1 aliphatic carbocycles. The molecule has 4 heteroatoms. The number of alkyl halides is 1. The summed E-state index contributed by atoms with van der Waals surface area (Å²) in [6.45, 7) is 0.764. The van der Waals surface area contributed by atoms with Gasteiger partial charge in [0.25, 0.3) is 5.91 Å². The van der Waals surface area contributed by atoms with Crippen LogP contribution in [-0.4, -0.2) is 33.7 Å². The number of hydrogen-bond acceptors (Lipinski definition) is 2. The lowest BCUT2D eigenvalue weighted by molar-refractivity contribution is 0.0601. The fourth-order valence-corrected chi connectivity index (χ4v) is 3.07. The van der Waals surface area contributed by atoms with E-state index in [9.17, 15) is 4.79 Å². The van der Waals surface area contributed by atoms with Crippen molar-refractivity contribution in [1.82, 2.24) is 9.88 Å². The Balaban J connectivity index is 1.98. The molecule has 1 fully saturated rings. The molecule has 0 spiro atoms. The Labute approximate surface area is 127 Å². The average Bonchev–Trinajstić information content (AvgIpc) is 2.43. The fourth-order valence-electron chi connectivity index (χ4n) is 2.68. The van der Waals surface area contributed by atoms with Crippen LogP contribution in [0.1, 0.15) is 29.6 Å². The Morgan fingerprint density at radius 3 is 2.85 bits per heavy atom. The molecule has 0 atom stereocenters. The Morgan fingerprint density at radius 1 is 1.30 bits per heavy atom. The third kappa shape index (κ3) is 2.44. The monoisotopic (exact) mass is 332 g/mol. The first kappa shape index (κ1) is 13.6. The molecule has 0 unspecified atom stereocenters. The van der Waals surface area contributed by atoms with E-state index < -0.39 is 0 Å². The number of carbonyl (C=O) groups excluding carboxylic acids is 1. The van der Waals surface area contributed by atoms with E-state index in [-0.39, 0.29) is 5.91 Å². The van der Waals surface area contributed by atoms with Gasteiger partial charge in [0.05, 0.1) is 5.52 Å². The molecule has 0 saturated heterocycles. The molecule has 1 heterocycles. The van der Waals surface area contributed by atoms with E-state index in [1.807, 2.05) is 35.2 Å². The summed E-state index contributed by atoms with van der Waals surface area (Å²) < 4.78 is 0. The maximum Gasteiger partial charge on any atom is 0.254 e. The minimum Gasteiger partial charge on any atom is -0.335 e. The third-order valence-corrected chi connectivity index (χ3v) is 4.33. The number of benzene rings is 1. The van der Waals surface area contributed by atoms with E-state index >= 15 is 0 Å². The van der Waals surface area contributed by atoms with E-state index in [1.165, 1.54) is 6.42 Å². The SMILES string of the molecule is O=C(c1cccc2ncccc12)N(CCBr)C1CCC1. The standard InChI is InChI=1S/C16H17BrN2O/c17-9-11-19(12-4-1-5-12)16(20)14-6-2-8-15-13(14)7-3-10-18-15/h2-3,6-8,10,12H,1,4-5,9,11H2. The van der Waals surface area contributed by atoms with Crippen LogP contribution in [0.4, 0.5) is 0 Å². The number of amides is 1. The van der Waals surface area contributed by atoms with Gasteiger partial charge in [-0.15, -0.1) is 0 Å². The predicted molar refractivity (Wildman–Crippen MR) is 84.2 cm³/mol. The van der Waals surface area contributed by atoms with E-state index in [0.717, 1.165) is 41.2 Å². The average molecular weight is 333 g/mol. The lowest BCUT2D eigenvalue weighted by Crippen LogP contribution is -2.45. The van der Waals surface area contributed by atoms with Crippen LogP contribution in [0, 0.1) is 0 Å². The van der Waals surface area contributed by atoms with Crippen LogP contribution in [0.25, 0.3) is 10.9 Å². The van der Waals surface area contributed by atoms with E-state index in [4.69, 9.17) is 0 Å². The molecule has 1 aromatic carbocycles. The van der Waals surface area contributed by atoms with Gasteiger partial charge in [0, 0.05) is 35.1 Å². The largest absolute Gasteiger partial charge is 0.335 e. The van der Waals surface area contributed by atoms with Crippen molar-refractivity contribution in [2.24, 2.45) is 0 Å². The number of nitrogens with zero attached hydrogens (tertiary/aromatic N) is 2. The summed E-state index contributed by atoms with van der Waals surface area (Å²) in [6, 6.07) is 10.0. The van der Waals surface area contributed by atoms with E-state index in [0.29, 0.717) is 6.04 Å². The number of rotatable bonds is 4. The normalized spacial score (nSPS) is 15.1. The summed E-state index contributed by atoms with van der Waals surface area (Å²) in [5.41, 5.74) is 1.65. The molecule has 1 aliphatic rings. The summed E-state index contributed by atoms with van der Waals surface area (Å²) in [6.07, 6.45) is 5.25. The Kier molecular flexibility index (Phi) is 4.01. The molecule has 2 aromatic rings. The number of aromatic nitrogens is 1. The van der Waals surface area contributed by atoms with Crippen molar-refractivity contribution in [2.45, 2.75) is 25.3 Å². The van der Waals surface area contributed by atoms with Crippen LogP contribution < -0.4 is 0 Å². The summed E-state index contributed by atoms with van der Waals surface area (Å²) in [7, 11) is 0. The van der Waals surface area contributed by atoms with E-state index in [1.54, 1.807) is 6.20 Å². The van der Waals surface area contributed by atoms with Crippen LogP contribution in [0.15, 0.2) is 36.5 Å². The lowest BCUT2D eigenvalue weighted by atomic mass is 9.90. The van der Waals surface area contributed by atoms with Crippen LogP contribution >= 0.6 is 15.9 Å². The summed E-state index contributed by atoms with van der Waals surface area (Å²) in [5, 5.41) is 1.76. The van der Waals surface area contributed by atoms with Crippen molar-refractivity contribution in [3.63, 3.8) is 0 Å². The van der Waals surface area contributed by atoms with Gasteiger partial charge in [0.2, 0.25) is 0 Å². The summed E-state index contributed by atoms with van der Waals surface area (Å²) >= 11 is 3.46. The minimum atomic E-state index is 0.132. The van der Waals surface area contributed by atoms with E-state index in [2.05, 4.69) is 20.9 Å². The van der Waals surface area contributed by atoms with Crippen LogP contribution in [0.2, 0.25) is 0 Å². The summed E-state index contributed by atoms with van der Waals surface area (Å²) in [4.78, 5) is 19.2. The Bertz CT molecular complexity index is 619. The topological polar surface area (TPSA) is 33.2 Å². The highest BCUT2D eigenvalue weighted by atomic mass is 79.9. The van der Waals surface area contributed by atoms with Crippen LogP contribution in [0.3, 0.4) is 0 Å². The zero-order chi connectivity index (χ0) is 13.9. The van der Waals surface area contributed by atoms with Gasteiger partial charge in [-0.2, -0.15) is 0 Å². The first-order valence-electron chi connectivity index (χ1n) is 7.02. The second-order valence-electron chi connectivity index (χ2n) is 5.15. The molecule has 0 N–H and O–H groups in total. The van der Waals surface area contributed by atoms with Gasteiger partial charge in [0.1, 0.15) is 0 Å². The van der Waals surface area contributed by atoms with Gasteiger partial charge in [-0.1, -0.05) is 28.1 Å². The summed E-state index contributed by atoms with van der Waals surface area (Å²) in [5.74, 6) is 0.132. The smallest absolute Gasteiger partial charge is 0.254 e. The molecule has 1 amide bonds. The highest BCUT2D eigenvalue weighted by Gasteiger charge is 2.29. The zero-order valence-electron chi connectivity index (χ0n) is 11.3. The van der Waals surface area contributed by atoms with Gasteiger partial charge in [0.15, 0.2) is 0 Å². The number of halogens is 1. The minimum absolute atomic E-state index is 0.132. The molecule has 0 radical (unpaired) electrons. The number of carbonyl (C=O) groups is 1. The molecule has 3 rings (SSSR count). The Morgan fingerprint density at radius 2 is 2.15 bits per heavy atom. The molecule has 3 nitrogen and oxygen atoms in total. The van der Waals surface area contributed by atoms with Crippen molar-refractivity contribution in [3.8, 4) is 0 Å².